The van der Waals surface area contributed by atoms with E-state index in [4.69, 9.17) is 5.73 Å². The maximum absolute atomic E-state index is 5.87. The summed E-state index contributed by atoms with van der Waals surface area (Å²) in [4.78, 5) is 0. The minimum absolute atomic E-state index is 0.0197. The zero-order valence-corrected chi connectivity index (χ0v) is 8.03. The fourth-order valence-corrected chi connectivity index (χ4v) is 1.22. The van der Waals surface area contributed by atoms with Crippen LogP contribution in [0.3, 0.4) is 0 Å². The lowest BCUT2D eigenvalue weighted by atomic mass is 9.94. The Morgan fingerprint density at radius 1 is 1.56 bits per heavy atom. The first kappa shape index (κ1) is 9.44. The van der Waals surface area contributed by atoms with Gasteiger partial charge in [-0.25, -0.2) is 0 Å². The minimum Gasteiger partial charge on any atom is -0.325 e. The first-order chi connectivity index (χ1) is 3.98. The lowest BCUT2D eigenvalue weighted by molar-refractivity contribution is 0.408. The van der Waals surface area contributed by atoms with Crippen molar-refractivity contribution in [1.82, 2.24) is 0 Å². The molecule has 0 aromatic rings. The summed E-state index contributed by atoms with van der Waals surface area (Å²) >= 11 is 3.37. The van der Waals surface area contributed by atoms with Crippen molar-refractivity contribution in [2.45, 2.75) is 32.7 Å². The molecule has 56 valence electrons. The van der Waals surface area contributed by atoms with E-state index in [9.17, 15) is 0 Å². The van der Waals surface area contributed by atoms with Crippen LogP contribution in [0.5, 0.6) is 0 Å². The monoisotopic (exact) mass is 193 g/mol. The van der Waals surface area contributed by atoms with Gasteiger partial charge in [-0.3, -0.25) is 0 Å². The van der Waals surface area contributed by atoms with Gasteiger partial charge in [0.05, 0.1) is 0 Å². The van der Waals surface area contributed by atoms with Gasteiger partial charge in [0, 0.05) is 10.9 Å². The number of halogens is 1. The molecular formula is C7H16BrN. The van der Waals surface area contributed by atoms with Gasteiger partial charge in [0.1, 0.15) is 0 Å². The van der Waals surface area contributed by atoms with E-state index < -0.39 is 0 Å². The molecule has 0 heterocycles. The molecule has 0 rings (SSSR count). The van der Waals surface area contributed by atoms with Crippen molar-refractivity contribution in [3.8, 4) is 0 Å². The van der Waals surface area contributed by atoms with Crippen molar-refractivity contribution in [3.05, 3.63) is 0 Å². The smallest absolute Gasteiger partial charge is 0.0226 e. The average molecular weight is 194 g/mol. The van der Waals surface area contributed by atoms with Crippen LogP contribution < -0.4 is 5.73 Å². The van der Waals surface area contributed by atoms with E-state index in [-0.39, 0.29) is 5.54 Å². The van der Waals surface area contributed by atoms with Gasteiger partial charge in [-0.15, -0.1) is 0 Å². The van der Waals surface area contributed by atoms with Crippen molar-refractivity contribution in [2.75, 3.05) is 5.33 Å². The molecule has 0 aromatic carbocycles. The second-order valence-corrected chi connectivity index (χ2v) is 3.95. The van der Waals surface area contributed by atoms with E-state index in [1.54, 1.807) is 0 Å². The van der Waals surface area contributed by atoms with Crippen LogP contribution in [0.2, 0.25) is 0 Å². The van der Waals surface area contributed by atoms with E-state index in [2.05, 4.69) is 36.7 Å². The molecule has 0 fully saturated rings. The highest BCUT2D eigenvalue weighted by molar-refractivity contribution is 9.09. The SMILES string of the molecule is CC(C)CC(C)(N)CBr. The van der Waals surface area contributed by atoms with Crippen molar-refractivity contribution < 1.29 is 0 Å². The summed E-state index contributed by atoms with van der Waals surface area (Å²) in [5.41, 5.74) is 5.85. The van der Waals surface area contributed by atoms with Gasteiger partial charge in [-0.2, -0.15) is 0 Å². The van der Waals surface area contributed by atoms with Gasteiger partial charge < -0.3 is 5.73 Å². The van der Waals surface area contributed by atoms with Crippen molar-refractivity contribution in [3.63, 3.8) is 0 Å². The summed E-state index contributed by atoms with van der Waals surface area (Å²) < 4.78 is 0. The minimum atomic E-state index is -0.0197. The van der Waals surface area contributed by atoms with E-state index in [1.165, 1.54) is 0 Å². The highest BCUT2D eigenvalue weighted by Gasteiger charge is 2.17. The molecule has 0 aromatic heterocycles. The molecule has 0 amide bonds. The van der Waals surface area contributed by atoms with E-state index in [0.717, 1.165) is 11.8 Å². The van der Waals surface area contributed by atoms with Crippen LogP contribution >= 0.6 is 15.9 Å². The maximum atomic E-state index is 5.87. The third kappa shape index (κ3) is 4.91. The van der Waals surface area contributed by atoms with Gasteiger partial charge in [0.2, 0.25) is 0 Å². The maximum Gasteiger partial charge on any atom is 0.0226 e. The molecule has 2 N–H and O–H groups in total. The predicted molar refractivity (Wildman–Crippen MR) is 45.8 cm³/mol. The fraction of sp³-hybridized carbons (Fsp3) is 1.00. The largest absolute Gasteiger partial charge is 0.325 e. The number of rotatable bonds is 3. The number of alkyl halides is 1. The quantitative estimate of drug-likeness (QED) is 0.684. The Bertz CT molecular complexity index is 79.0. The summed E-state index contributed by atoms with van der Waals surface area (Å²) in [5, 5.41) is 0.887. The third-order valence-corrected chi connectivity index (χ3v) is 2.46. The summed E-state index contributed by atoms with van der Waals surface area (Å²) in [7, 11) is 0. The Hall–Kier alpha value is 0.440. The molecule has 1 atom stereocenters. The van der Waals surface area contributed by atoms with Crippen molar-refractivity contribution in [2.24, 2.45) is 11.7 Å². The summed E-state index contributed by atoms with van der Waals surface area (Å²) in [6, 6.07) is 0. The van der Waals surface area contributed by atoms with E-state index >= 15 is 0 Å². The van der Waals surface area contributed by atoms with Crippen LogP contribution in [0.4, 0.5) is 0 Å². The van der Waals surface area contributed by atoms with Gasteiger partial charge in [0.15, 0.2) is 0 Å². The summed E-state index contributed by atoms with van der Waals surface area (Å²) in [5.74, 6) is 0.692. The second-order valence-electron chi connectivity index (χ2n) is 3.39. The van der Waals surface area contributed by atoms with Crippen LogP contribution in [0, 0.1) is 5.92 Å². The molecule has 0 radical (unpaired) electrons. The van der Waals surface area contributed by atoms with Crippen LogP contribution in [0.1, 0.15) is 27.2 Å². The molecule has 1 nitrogen and oxygen atoms in total. The fourth-order valence-electron chi connectivity index (χ4n) is 0.987. The summed E-state index contributed by atoms with van der Waals surface area (Å²) in [6.45, 7) is 6.45. The molecule has 0 aliphatic carbocycles. The first-order valence-corrected chi connectivity index (χ1v) is 4.45. The normalized spacial score (nSPS) is 18.0. The zero-order valence-electron chi connectivity index (χ0n) is 6.45. The van der Waals surface area contributed by atoms with Gasteiger partial charge in [-0.1, -0.05) is 29.8 Å². The Kier molecular flexibility index (Phi) is 3.74. The molecule has 0 saturated heterocycles. The Morgan fingerprint density at radius 3 is 2.11 bits per heavy atom. The molecule has 0 spiro atoms. The molecule has 0 aliphatic rings. The molecule has 0 saturated carbocycles. The highest BCUT2D eigenvalue weighted by Crippen LogP contribution is 2.15. The molecule has 0 aliphatic heterocycles. The lowest BCUT2D eigenvalue weighted by Gasteiger charge is -2.23. The number of nitrogens with two attached hydrogens (primary N) is 1. The Balaban J connectivity index is 3.58. The van der Waals surface area contributed by atoms with Crippen LogP contribution in [-0.2, 0) is 0 Å². The van der Waals surface area contributed by atoms with Crippen molar-refractivity contribution in [1.29, 1.82) is 0 Å². The molecule has 9 heavy (non-hydrogen) atoms. The van der Waals surface area contributed by atoms with Gasteiger partial charge in [-0.05, 0) is 19.3 Å². The highest BCUT2D eigenvalue weighted by atomic mass is 79.9. The van der Waals surface area contributed by atoms with E-state index in [1.807, 2.05) is 0 Å². The molecular weight excluding hydrogens is 178 g/mol. The number of hydrogen-bond acceptors (Lipinski definition) is 1. The first-order valence-electron chi connectivity index (χ1n) is 3.33. The average Bonchev–Trinajstić information content (AvgIpc) is 1.63. The van der Waals surface area contributed by atoms with Crippen LogP contribution in [-0.4, -0.2) is 10.9 Å². The zero-order chi connectivity index (χ0) is 7.49. The van der Waals surface area contributed by atoms with Crippen molar-refractivity contribution >= 4 is 15.9 Å². The second kappa shape index (κ2) is 3.57. The molecule has 2 heteroatoms. The number of hydrogen-bond donors (Lipinski definition) is 1. The standard InChI is InChI=1S/C7H16BrN/c1-6(2)4-7(3,9)5-8/h6H,4-5,9H2,1-3H3. The summed E-state index contributed by atoms with van der Waals surface area (Å²) in [6.07, 6.45) is 1.08. The van der Waals surface area contributed by atoms with Crippen LogP contribution in [0.25, 0.3) is 0 Å². The molecule has 1 unspecified atom stereocenters. The molecule has 0 bridgehead atoms. The Morgan fingerprint density at radius 2 is 2.00 bits per heavy atom. The lowest BCUT2D eigenvalue weighted by Crippen LogP contribution is -2.39. The predicted octanol–water partition coefficient (Wildman–Crippen LogP) is 2.14. The van der Waals surface area contributed by atoms with Gasteiger partial charge >= 0.3 is 0 Å². The van der Waals surface area contributed by atoms with E-state index in [0.29, 0.717) is 5.92 Å². The Labute approximate surface area is 66.1 Å². The third-order valence-electron chi connectivity index (χ3n) is 1.18. The van der Waals surface area contributed by atoms with Crippen LogP contribution in [0.15, 0.2) is 0 Å². The topological polar surface area (TPSA) is 26.0 Å². The van der Waals surface area contributed by atoms with Gasteiger partial charge in [0.25, 0.3) is 0 Å².